The van der Waals surface area contributed by atoms with E-state index in [1.54, 1.807) is 38.1 Å². The molecular weight excluding hydrogens is 374 g/mol. The molecule has 2 rings (SSSR count). The minimum atomic E-state index is -0.363. The van der Waals surface area contributed by atoms with Crippen LogP contribution < -0.4 is 4.74 Å². The molecule has 0 atom stereocenters. The van der Waals surface area contributed by atoms with Crippen LogP contribution in [0.5, 0.6) is 11.5 Å². The van der Waals surface area contributed by atoms with E-state index in [2.05, 4.69) is 0 Å². The number of esters is 2. The first-order valence-corrected chi connectivity index (χ1v) is 9.38. The normalized spacial score (nSPS) is 9.97. The lowest BCUT2D eigenvalue weighted by molar-refractivity contribution is 0.0516. The lowest BCUT2D eigenvalue weighted by Gasteiger charge is -2.11. The van der Waals surface area contributed by atoms with Crippen LogP contribution >= 0.6 is 0 Å². The second kappa shape index (κ2) is 13.2. The molecule has 158 valence electrons. The van der Waals surface area contributed by atoms with Crippen LogP contribution in [0.3, 0.4) is 0 Å². The summed E-state index contributed by atoms with van der Waals surface area (Å²) >= 11 is 0. The Bertz CT molecular complexity index is 741. The predicted molar refractivity (Wildman–Crippen MR) is 111 cm³/mol. The Balaban J connectivity index is 0.000000308. The van der Waals surface area contributed by atoms with Crippen LogP contribution in [0.25, 0.3) is 0 Å². The van der Waals surface area contributed by atoms with Crippen LogP contribution in [-0.4, -0.2) is 62.4 Å². The molecule has 0 heterocycles. The molecular formula is C22H29NO6. The van der Waals surface area contributed by atoms with Gasteiger partial charge in [0.15, 0.2) is 0 Å². The van der Waals surface area contributed by atoms with Crippen molar-refractivity contribution in [1.82, 2.24) is 4.90 Å². The zero-order chi connectivity index (χ0) is 21.6. The minimum Gasteiger partial charge on any atom is -0.508 e. The summed E-state index contributed by atoms with van der Waals surface area (Å²) < 4.78 is 15.2. The highest BCUT2D eigenvalue weighted by molar-refractivity contribution is 5.89. The van der Waals surface area contributed by atoms with Crippen LogP contribution in [0.15, 0.2) is 48.5 Å². The highest BCUT2D eigenvalue weighted by Gasteiger charge is 2.06. The summed E-state index contributed by atoms with van der Waals surface area (Å²) in [5.41, 5.74) is 1.00. The molecule has 1 N–H and O–H groups in total. The van der Waals surface area contributed by atoms with Crippen molar-refractivity contribution in [1.29, 1.82) is 0 Å². The van der Waals surface area contributed by atoms with Gasteiger partial charge in [0.05, 0.1) is 24.3 Å². The number of phenols is 1. The first-order chi connectivity index (χ1) is 13.9. The summed E-state index contributed by atoms with van der Waals surface area (Å²) in [6.45, 7) is 5.78. The van der Waals surface area contributed by atoms with Gasteiger partial charge in [0.25, 0.3) is 0 Å². The predicted octanol–water partition coefficient (Wildman–Crippen LogP) is 3.37. The largest absolute Gasteiger partial charge is 0.508 e. The number of nitrogens with zero attached hydrogens (tertiary/aromatic N) is 1. The van der Waals surface area contributed by atoms with Crippen molar-refractivity contribution in [3.05, 3.63) is 59.7 Å². The Hall–Kier alpha value is -3.06. The molecule has 0 unspecified atom stereocenters. The van der Waals surface area contributed by atoms with Gasteiger partial charge < -0.3 is 24.2 Å². The first kappa shape index (κ1) is 24.0. The Kier molecular flexibility index (Phi) is 10.9. The van der Waals surface area contributed by atoms with Gasteiger partial charge in [-0.25, -0.2) is 9.59 Å². The van der Waals surface area contributed by atoms with Crippen molar-refractivity contribution in [3.63, 3.8) is 0 Å². The molecule has 7 heteroatoms. The molecule has 2 aromatic carbocycles. The van der Waals surface area contributed by atoms with Crippen molar-refractivity contribution >= 4 is 11.9 Å². The first-order valence-electron chi connectivity index (χ1n) is 9.38. The van der Waals surface area contributed by atoms with Crippen LogP contribution in [0.4, 0.5) is 0 Å². The van der Waals surface area contributed by atoms with Crippen LogP contribution in [0.2, 0.25) is 0 Å². The van der Waals surface area contributed by atoms with E-state index in [9.17, 15) is 9.59 Å². The fourth-order valence-corrected chi connectivity index (χ4v) is 2.06. The van der Waals surface area contributed by atoms with E-state index in [1.165, 1.54) is 24.3 Å². The third-order valence-corrected chi connectivity index (χ3v) is 3.55. The summed E-state index contributed by atoms with van der Waals surface area (Å²) in [7, 11) is 3.99. The van der Waals surface area contributed by atoms with E-state index in [-0.39, 0.29) is 17.7 Å². The van der Waals surface area contributed by atoms with E-state index in [4.69, 9.17) is 19.3 Å². The zero-order valence-electron chi connectivity index (χ0n) is 17.4. The minimum absolute atomic E-state index is 0.142. The molecule has 0 aliphatic carbocycles. The second-order valence-corrected chi connectivity index (χ2v) is 6.16. The maximum Gasteiger partial charge on any atom is 0.338 e. The Morgan fingerprint density at radius 1 is 0.828 bits per heavy atom. The number of rotatable bonds is 8. The van der Waals surface area contributed by atoms with Gasteiger partial charge in [0.1, 0.15) is 18.1 Å². The van der Waals surface area contributed by atoms with Crippen molar-refractivity contribution in [2.75, 3.05) is 40.5 Å². The number of hydrogen-bond donors (Lipinski definition) is 1. The smallest absolute Gasteiger partial charge is 0.338 e. The fraction of sp³-hybridized carbons (Fsp3) is 0.364. The number of carbonyl (C=O) groups is 2. The van der Waals surface area contributed by atoms with Crippen molar-refractivity contribution < 1.29 is 28.9 Å². The van der Waals surface area contributed by atoms with Crippen molar-refractivity contribution in [2.45, 2.75) is 13.8 Å². The molecule has 0 fully saturated rings. The SMILES string of the molecule is CCOC(=O)c1ccc(O)cc1.CCOC(=O)c1ccc(OCCN(C)C)cc1. The summed E-state index contributed by atoms with van der Waals surface area (Å²) in [6.07, 6.45) is 0. The molecule has 0 radical (unpaired) electrons. The molecule has 0 aromatic heterocycles. The van der Waals surface area contributed by atoms with Gasteiger partial charge in [-0.3, -0.25) is 0 Å². The summed E-state index contributed by atoms with van der Waals surface area (Å²) in [6, 6.07) is 12.9. The average Bonchev–Trinajstić information content (AvgIpc) is 2.69. The fourth-order valence-electron chi connectivity index (χ4n) is 2.06. The summed E-state index contributed by atoms with van der Waals surface area (Å²) in [4.78, 5) is 24.5. The third-order valence-electron chi connectivity index (χ3n) is 3.55. The molecule has 2 aromatic rings. The molecule has 29 heavy (non-hydrogen) atoms. The Labute approximate surface area is 171 Å². The molecule has 0 bridgehead atoms. The van der Waals surface area contributed by atoms with Gasteiger partial charge in [-0.2, -0.15) is 0 Å². The number of phenolic OH excluding ortho intramolecular Hbond substituents is 1. The number of benzene rings is 2. The lowest BCUT2D eigenvalue weighted by Crippen LogP contribution is -2.19. The van der Waals surface area contributed by atoms with E-state index < -0.39 is 0 Å². The average molecular weight is 403 g/mol. The molecule has 0 aliphatic rings. The van der Waals surface area contributed by atoms with Gasteiger partial charge >= 0.3 is 11.9 Å². The summed E-state index contributed by atoms with van der Waals surface area (Å²) in [5.74, 6) is 0.243. The number of aromatic hydroxyl groups is 1. The lowest BCUT2D eigenvalue weighted by atomic mass is 10.2. The van der Waals surface area contributed by atoms with E-state index in [0.29, 0.717) is 30.9 Å². The monoisotopic (exact) mass is 403 g/mol. The number of carbonyl (C=O) groups excluding carboxylic acids is 2. The van der Waals surface area contributed by atoms with Crippen LogP contribution in [0.1, 0.15) is 34.6 Å². The van der Waals surface area contributed by atoms with E-state index in [0.717, 1.165) is 12.3 Å². The van der Waals surface area contributed by atoms with Gasteiger partial charge in [-0.05, 0) is 76.5 Å². The van der Waals surface area contributed by atoms with Crippen molar-refractivity contribution in [2.24, 2.45) is 0 Å². The van der Waals surface area contributed by atoms with Crippen LogP contribution in [0, 0.1) is 0 Å². The molecule has 0 spiro atoms. The second-order valence-electron chi connectivity index (χ2n) is 6.16. The molecule has 0 aliphatic heterocycles. The molecule has 7 nitrogen and oxygen atoms in total. The van der Waals surface area contributed by atoms with Gasteiger partial charge in [0, 0.05) is 6.54 Å². The van der Waals surface area contributed by atoms with Gasteiger partial charge in [-0.15, -0.1) is 0 Å². The standard InChI is InChI=1S/C13H19NO3.C9H10O3/c1-4-16-13(15)11-5-7-12(8-6-11)17-10-9-14(2)3;1-2-12-9(11)7-3-5-8(10)6-4-7/h5-8H,4,9-10H2,1-3H3;3-6,10H,2H2,1H3. The Morgan fingerprint density at radius 2 is 1.28 bits per heavy atom. The van der Waals surface area contributed by atoms with Gasteiger partial charge in [-0.1, -0.05) is 0 Å². The zero-order valence-corrected chi connectivity index (χ0v) is 17.4. The highest BCUT2D eigenvalue weighted by Crippen LogP contribution is 2.13. The molecule has 0 saturated heterocycles. The summed E-state index contributed by atoms with van der Waals surface area (Å²) in [5, 5.41) is 8.92. The Morgan fingerprint density at radius 3 is 1.69 bits per heavy atom. The van der Waals surface area contributed by atoms with Gasteiger partial charge in [0.2, 0.25) is 0 Å². The highest BCUT2D eigenvalue weighted by atomic mass is 16.5. The number of ether oxygens (including phenoxy) is 3. The number of likely N-dealkylation sites (N-methyl/N-ethyl adjacent to an activating group) is 1. The maximum absolute atomic E-state index is 11.4. The molecule has 0 amide bonds. The van der Waals surface area contributed by atoms with E-state index in [1.807, 2.05) is 19.0 Å². The molecule has 0 saturated carbocycles. The topological polar surface area (TPSA) is 85.3 Å². The third kappa shape index (κ3) is 9.62. The van der Waals surface area contributed by atoms with Crippen molar-refractivity contribution in [3.8, 4) is 11.5 Å². The number of hydrogen-bond acceptors (Lipinski definition) is 7. The maximum atomic E-state index is 11.4. The van der Waals surface area contributed by atoms with Crippen LogP contribution in [-0.2, 0) is 9.47 Å². The van der Waals surface area contributed by atoms with E-state index >= 15 is 0 Å². The quantitative estimate of drug-likeness (QED) is 0.676.